The number of nitrogens with zero attached hydrogens (tertiary/aromatic N) is 2. The van der Waals surface area contributed by atoms with Crippen LogP contribution in [0, 0.1) is 18.8 Å². The maximum Gasteiger partial charge on any atom is 0.227 e. The van der Waals surface area contributed by atoms with Gasteiger partial charge in [-0.3, -0.25) is 10.1 Å². The highest BCUT2D eigenvalue weighted by Crippen LogP contribution is 2.20. The summed E-state index contributed by atoms with van der Waals surface area (Å²) in [5.74, 6) is 1.20. The normalized spacial score (nSPS) is 23.7. The molecule has 3 atom stereocenters. The zero-order valence-corrected chi connectivity index (χ0v) is 15.3. The molecule has 1 aromatic carbocycles. The number of nitrogens with one attached hydrogen (secondary N) is 3. The van der Waals surface area contributed by atoms with Crippen molar-refractivity contribution in [2.24, 2.45) is 11.8 Å². The van der Waals surface area contributed by atoms with E-state index in [9.17, 15) is 4.79 Å². The summed E-state index contributed by atoms with van der Waals surface area (Å²) < 4.78 is 0. The fraction of sp³-hybridized carbons (Fsp3) is 0.526. The predicted molar refractivity (Wildman–Crippen MR) is 100.0 cm³/mol. The van der Waals surface area contributed by atoms with Crippen LogP contribution in [-0.4, -0.2) is 28.2 Å². The van der Waals surface area contributed by atoms with Crippen molar-refractivity contribution in [3.8, 4) is 0 Å². The van der Waals surface area contributed by atoms with Crippen molar-refractivity contribution in [3.63, 3.8) is 0 Å². The van der Waals surface area contributed by atoms with Crippen molar-refractivity contribution in [2.45, 2.75) is 52.9 Å². The monoisotopic (exact) mass is 341 g/mol. The van der Waals surface area contributed by atoms with Gasteiger partial charge in [0.25, 0.3) is 0 Å². The van der Waals surface area contributed by atoms with Crippen LogP contribution in [0.15, 0.2) is 24.3 Å². The lowest BCUT2D eigenvalue weighted by molar-refractivity contribution is -0.129. The lowest BCUT2D eigenvalue weighted by Crippen LogP contribution is -2.63. The third-order valence-electron chi connectivity index (χ3n) is 4.78. The number of para-hydroxylation sites is 1. The second-order valence-electron chi connectivity index (χ2n) is 7.27. The summed E-state index contributed by atoms with van der Waals surface area (Å²) >= 11 is 0. The van der Waals surface area contributed by atoms with Gasteiger partial charge in [0.1, 0.15) is 0 Å². The molecule has 3 N–H and O–H groups in total. The Morgan fingerprint density at radius 1 is 1.24 bits per heavy atom. The Morgan fingerprint density at radius 2 is 2.00 bits per heavy atom. The van der Waals surface area contributed by atoms with Gasteiger partial charge in [0.2, 0.25) is 11.9 Å². The minimum absolute atomic E-state index is 0.000270. The average Bonchev–Trinajstić information content (AvgIpc) is 2.54. The first-order chi connectivity index (χ1) is 11.9. The SMILES string of the molecule is Cc1nc(NC2NC(=O)C(CCC(C)C)C(C)N2)nc2ccccc12. The zero-order chi connectivity index (χ0) is 18.0. The van der Waals surface area contributed by atoms with E-state index >= 15 is 0 Å². The molecule has 0 aliphatic carbocycles. The number of aromatic nitrogens is 2. The lowest BCUT2D eigenvalue weighted by atomic mass is 9.90. The molecule has 1 aliphatic heterocycles. The number of aryl methyl sites for hydroxylation is 1. The highest BCUT2D eigenvalue weighted by molar-refractivity contribution is 5.82. The van der Waals surface area contributed by atoms with Gasteiger partial charge < -0.3 is 10.6 Å². The summed E-state index contributed by atoms with van der Waals surface area (Å²) in [5, 5.41) is 10.6. The van der Waals surface area contributed by atoms with E-state index in [2.05, 4.69) is 46.7 Å². The first kappa shape index (κ1) is 17.6. The maximum absolute atomic E-state index is 12.5. The molecule has 0 radical (unpaired) electrons. The van der Waals surface area contributed by atoms with E-state index in [1.165, 1.54) is 0 Å². The van der Waals surface area contributed by atoms with Crippen molar-refractivity contribution in [1.82, 2.24) is 20.6 Å². The molecule has 0 bridgehead atoms. The van der Waals surface area contributed by atoms with Crippen LogP contribution in [0.5, 0.6) is 0 Å². The van der Waals surface area contributed by atoms with Gasteiger partial charge in [-0.25, -0.2) is 9.97 Å². The molecule has 2 aromatic rings. The first-order valence-corrected chi connectivity index (χ1v) is 9.00. The largest absolute Gasteiger partial charge is 0.323 e. The van der Waals surface area contributed by atoms with Crippen molar-refractivity contribution >= 4 is 22.8 Å². The van der Waals surface area contributed by atoms with Crippen molar-refractivity contribution in [1.29, 1.82) is 0 Å². The molecule has 0 spiro atoms. The van der Waals surface area contributed by atoms with E-state index in [1.807, 2.05) is 31.2 Å². The quantitative estimate of drug-likeness (QED) is 0.779. The molecule has 1 aliphatic rings. The third-order valence-corrected chi connectivity index (χ3v) is 4.78. The molecule has 25 heavy (non-hydrogen) atoms. The number of benzene rings is 1. The average molecular weight is 341 g/mol. The highest BCUT2D eigenvalue weighted by Gasteiger charge is 2.33. The summed E-state index contributed by atoms with van der Waals surface area (Å²) in [6.45, 7) is 8.39. The summed E-state index contributed by atoms with van der Waals surface area (Å²) in [7, 11) is 0. The van der Waals surface area contributed by atoms with Gasteiger partial charge in [0.15, 0.2) is 6.29 Å². The number of hydrogen-bond acceptors (Lipinski definition) is 5. The van der Waals surface area contributed by atoms with E-state index in [0.29, 0.717) is 11.9 Å². The van der Waals surface area contributed by atoms with E-state index < -0.39 is 0 Å². The minimum Gasteiger partial charge on any atom is -0.323 e. The van der Waals surface area contributed by atoms with E-state index in [4.69, 9.17) is 0 Å². The molecule has 134 valence electrons. The van der Waals surface area contributed by atoms with Crippen LogP contribution < -0.4 is 16.0 Å². The molecule has 1 aromatic heterocycles. The Bertz CT molecular complexity index is 761. The van der Waals surface area contributed by atoms with E-state index in [1.54, 1.807) is 0 Å². The maximum atomic E-state index is 12.5. The van der Waals surface area contributed by atoms with Crippen LogP contribution in [0.2, 0.25) is 0 Å². The van der Waals surface area contributed by atoms with Crippen LogP contribution in [-0.2, 0) is 4.79 Å². The van der Waals surface area contributed by atoms with Crippen molar-refractivity contribution in [3.05, 3.63) is 30.0 Å². The van der Waals surface area contributed by atoms with Crippen LogP contribution in [0.4, 0.5) is 5.95 Å². The molecular weight excluding hydrogens is 314 g/mol. The molecule has 2 heterocycles. The lowest BCUT2D eigenvalue weighted by Gasteiger charge is -2.36. The Balaban J connectivity index is 1.69. The number of fused-ring (bicyclic) bond motifs is 1. The Labute approximate surface area is 148 Å². The fourth-order valence-corrected chi connectivity index (χ4v) is 3.30. The highest BCUT2D eigenvalue weighted by atomic mass is 16.2. The van der Waals surface area contributed by atoms with E-state index in [-0.39, 0.29) is 24.2 Å². The summed E-state index contributed by atoms with van der Waals surface area (Å²) in [4.78, 5) is 21.5. The molecule has 1 saturated heterocycles. The zero-order valence-electron chi connectivity index (χ0n) is 15.3. The summed E-state index contributed by atoms with van der Waals surface area (Å²) in [6, 6.07) is 8.02. The van der Waals surface area contributed by atoms with Gasteiger partial charge in [-0.1, -0.05) is 38.5 Å². The van der Waals surface area contributed by atoms with E-state index in [0.717, 1.165) is 29.4 Å². The van der Waals surface area contributed by atoms with Gasteiger partial charge >= 0.3 is 0 Å². The molecule has 0 saturated carbocycles. The van der Waals surface area contributed by atoms with Gasteiger partial charge in [-0.15, -0.1) is 0 Å². The smallest absolute Gasteiger partial charge is 0.227 e. The Hall–Kier alpha value is -2.21. The Morgan fingerprint density at radius 3 is 2.72 bits per heavy atom. The number of hydrogen-bond donors (Lipinski definition) is 3. The number of carbonyl (C=O) groups is 1. The molecule has 6 heteroatoms. The summed E-state index contributed by atoms with van der Waals surface area (Å²) in [6.07, 6.45) is 1.59. The summed E-state index contributed by atoms with van der Waals surface area (Å²) in [5.41, 5.74) is 1.81. The number of amides is 1. The molecule has 1 amide bonds. The molecule has 6 nitrogen and oxygen atoms in total. The van der Waals surface area contributed by atoms with Crippen molar-refractivity contribution in [2.75, 3.05) is 5.32 Å². The molecule has 3 rings (SSSR count). The molecule has 1 fully saturated rings. The van der Waals surface area contributed by atoms with Crippen LogP contribution in [0.25, 0.3) is 10.9 Å². The molecular formula is C19H27N5O. The second kappa shape index (κ2) is 7.35. The first-order valence-electron chi connectivity index (χ1n) is 9.00. The van der Waals surface area contributed by atoms with Gasteiger partial charge in [-0.2, -0.15) is 0 Å². The fourth-order valence-electron chi connectivity index (χ4n) is 3.30. The van der Waals surface area contributed by atoms with Gasteiger partial charge in [0, 0.05) is 11.4 Å². The van der Waals surface area contributed by atoms with Crippen LogP contribution in [0.1, 0.15) is 39.3 Å². The number of carbonyl (C=O) groups excluding carboxylic acids is 1. The van der Waals surface area contributed by atoms with Crippen LogP contribution >= 0.6 is 0 Å². The van der Waals surface area contributed by atoms with Crippen molar-refractivity contribution < 1.29 is 4.79 Å². The predicted octanol–water partition coefficient (Wildman–Crippen LogP) is 2.79. The number of rotatable bonds is 5. The number of anilines is 1. The van der Waals surface area contributed by atoms with Gasteiger partial charge in [-0.05, 0) is 32.3 Å². The third kappa shape index (κ3) is 4.07. The topological polar surface area (TPSA) is 78.9 Å². The standard InChI is InChI=1S/C19H27N5O/c1-11(2)9-10-15-13(4)21-19(23-17(15)25)24-18-20-12(3)14-7-5-6-8-16(14)22-18/h5-8,11,13,15,19,21H,9-10H2,1-4H3,(H,23,25)(H,20,22,24). The molecule has 3 unspecified atom stereocenters. The Kier molecular flexibility index (Phi) is 5.18. The minimum atomic E-state index is -0.363. The second-order valence-corrected chi connectivity index (χ2v) is 7.27. The van der Waals surface area contributed by atoms with Crippen LogP contribution in [0.3, 0.4) is 0 Å². The van der Waals surface area contributed by atoms with Gasteiger partial charge in [0.05, 0.1) is 17.1 Å².